The fraction of sp³-hybridized carbons (Fsp3) is 0.625. The summed E-state index contributed by atoms with van der Waals surface area (Å²) in [7, 11) is -14.9. The number of anilines is 1. The molecule has 3 rings (SSSR count). The van der Waals surface area contributed by atoms with Crippen LogP contribution in [0.25, 0.3) is 11.2 Å². The maximum atomic E-state index is 12.2. The molecule has 7 unspecified atom stereocenters. The Bertz CT molecular complexity index is 1320. The van der Waals surface area contributed by atoms with Crippen molar-refractivity contribution in [2.75, 3.05) is 46.2 Å². The number of nitrogen functional groups attached to an aromatic ring is 1. The lowest BCUT2D eigenvalue weighted by molar-refractivity contribution is -0.250. The van der Waals surface area contributed by atoms with Crippen LogP contribution in [0, 0.1) is 0 Å². The molecular formula is C16H25N7O14P3-3. The second kappa shape index (κ2) is 13.4. The van der Waals surface area contributed by atoms with Crippen LogP contribution < -0.4 is 31.0 Å². The van der Waals surface area contributed by atoms with E-state index in [4.69, 9.17) is 24.8 Å². The second-order valence-electron chi connectivity index (χ2n) is 7.90. The van der Waals surface area contributed by atoms with Crippen LogP contribution in [0.4, 0.5) is 5.82 Å². The molecule has 7 atom stereocenters. The third-order valence-electron chi connectivity index (χ3n) is 5.12. The number of carbonyl (C=O) groups is 1. The lowest BCUT2D eigenvalue weighted by atomic mass is 10.1. The van der Waals surface area contributed by atoms with Gasteiger partial charge in [-0.3, -0.25) is 23.1 Å². The predicted molar refractivity (Wildman–Crippen MR) is 124 cm³/mol. The highest BCUT2D eigenvalue weighted by Crippen LogP contribution is 2.61. The zero-order valence-corrected chi connectivity index (χ0v) is 23.4. The van der Waals surface area contributed by atoms with E-state index in [9.17, 15) is 33.2 Å². The van der Waals surface area contributed by atoms with Gasteiger partial charge in [-0.05, 0) is 7.05 Å². The summed E-state index contributed by atoms with van der Waals surface area (Å²) in [4.78, 5) is 67.0. The molecule has 5 N–H and O–H groups in total. The molecule has 0 bridgehead atoms. The monoisotopic (exact) mass is 632 g/mol. The summed E-state index contributed by atoms with van der Waals surface area (Å²) in [6.45, 7) is -0.615. The van der Waals surface area contributed by atoms with Gasteiger partial charge in [-0.25, -0.2) is 23.6 Å². The Kier molecular flexibility index (Phi) is 10.9. The number of likely N-dealkylation sites (N-methyl/N-ethyl adjacent to an activating group) is 1. The van der Waals surface area contributed by atoms with E-state index in [0.29, 0.717) is 13.1 Å². The van der Waals surface area contributed by atoms with Gasteiger partial charge >= 0.3 is 0 Å². The number of amides is 1. The van der Waals surface area contributed by atoms with Gasteiger partial charge in [0.1, 0.15) is 36.8 Å². The number of nitrogens with two attached hydrogens (primary N) is 1. The average Bonchev–Trinajstić information content (AvgIpc) is 3.41. The van der Waals surface area contributed by atoms with E-state index in [0.717, 1.165) is 6.33 Å². The Morgan fingerprint density at radius 3 is 2.52 bits per heavy atom. The van der Waals surface area contributed by atoms with E-state index in [-0.39, 0.29) is 17.0 Å². The summed E-state index contributed by atoms with van der Waals surface area (Å²) >= 11 is 0. The Morgan fingerprint density at radius 1 is 1.15 bits per heavy atom. The number of ether oxygens (including phenoxy) is 3. The number of fused-ring (bicyclic) bond motifs is 1. The highest BCUT2D eigenvalue weighted by Gasteiger charge is 2.48. The first-order valence-corrected chi connectivity index (χ1v) is 15.5. The average molecular weight is 632 g/mol. The highest BCUT2D eigenvalue weighted by molar-refractivity contribution is 7.65. The van der Waals surface area contributed by atoms with Crippen molar-refractivity contribution in [2.45, 2.75) is 24.5 Å². The van der Waals surface area contributed by atoms with Crippen molar-refractivity contribution >= 4 is 46.4 Å². The van der Waals surface area contributed by atoms with Crippen molar-refractivity contribution in [3.8, 4) is 0 Å². The summed E-state index contributed by atoms with van der Waals surface area (Å²) in [5.41, 5.74) is 6.22. The lowest BCUT2D eigenvalue weighted by Crippen LogP contribution is -2.40. The van der Waals surface area contributed by atoms with Gasteiger partial charge in [-0.15, -0.1) is 0 Å². The Balaban J connectivity index is 1.81. The van der Waals surface area contributed by atoms with Gasteiger partial charge in [0.15, 0.2) is 17.7 Å². The number of rotatable bonds is 15. The molecule has 0 aliphatic carbocycles. The molecule has 1 aliphatic heterocycles. The normalized spacial score (nSPS) is 25.8. The molecule has 226 valence electrons. The van der Waals surface area contributed by atoms with E-state index in [1.165, 1.54) is 18.0 Å². The number of aromatic nitrogens is 4. The first-order valence-electron chi connectivity index (χ1n) is 11.0. The number of phosphoric ester groups is 1. The molecule has 1 saturated heterocycles. The molecule has 0 aromatic carbocycles. The van der Waals surface area contributed by atoms with Crippen LogP contribution in [0.2, 0.25) is 0 Å². The van der Waals surface area contributed by atoms with Gasteiger partial charge < -0.3 is 54.7 Å². The number of imidazole rings is 1. The molecular weight excluding hydrogens is 607 g/mol. The number of nitrogens with one attached hydrogen (secondary N) is 2. The Morgan fingerprint density at radius 2 is 1.88 bits per heavy atom. The largest absolute Gasteiger partial charge is 0.756 e. The third-order valence-corrected chi connectivity index (χ3v) is 8.81. The number of nitrogens with zero attached hydrogens (tertiary/aromatic N) is 4. The van der Waals surface area contributed by atoms with Gasteiger partial charge in [0, 0.05) is 20.2 Å². The smallest absolute Gasteiger partial charge is 0.280 e. The zero-order valence-electron chi connectivity index (χ0n) is 20.8. The number of carbonyl (C=O) groups excluding carboxylic acids is 1. The summed E-state index contributed by atoms with van der Waals surface area (Å²) in [6.07, 6.45) is -2.30. The molecule has 24 heteroatoms. The van der Waals surface area contributed by atoms with Crippen LogP contribution in [-0.4, -0.2) is 89.1 Å². The minimum absolute atomic E-state index is 0.0468. The molecule has 1 aliphatic rings. The van der Waals surface area contributed by atoms with Crippen molar-refractivity contribution in [3.63, 3.8) is 0 Å². The van der Waals surface area contributed by atoms with Crippen molar-refractivity contribution in [3.05, 3.63) is 12.7 Å². The van der Waals surface area contributed by atoms with Crippen LogP contribution in [0.1, 0.15) is 6.23 Å². The van der Waals surface area contributed by atoms with E-state index < -0.39 is 67.1 Å². The maximum absolute atomic E-state index is 12.2. The molecule has 21 nitrogen and oxygen atoms in total. The fourth-order valence-corrected chi connectivity index (χ4v) is 6.48. The number of hydrogen-bond acceptors (Lipinski definition) is 18. The van der Waals surface area contributed by atoms with E-state index >= 15 is 0 Å². The number of phosphoric acid groups is 3. The van der Waals surface area contributed by atoms with Crippen molar-refractivity contribution in [1.82, 2.24) is 30.2 Å². The molecule has 0 radical (unpaired) electrons. The fourth-order valence-electron chi connectivity index (χ4n) is 3.59. The van der Waals surface area contributed by atoms with Gasteiger partial charge in [-0.2, -0.15) is 0 Å². The van der Waals surface area contributed by atoms with E-state index in [2.05, 4.69) is 38.7 Å². The molecule has 40 heavy (non-hydrogen) atoms. The summed E-state index contributed by atoms with van der Waals surface area (Å²) in [5, 5.41) is 5.46. The minimum atomic E-state index is -6.11. The van der Waals surface area contributed by atoms with Crippen LogP contribution in [0.5, 0.6) is 0 Å². The van der Waals surface area contributed by atoms with Crippen LogP contribution in [0.3, 0.4) is 0 Å². The first kappa shape index (κ1) is 32.6. The topological polar surface area (TPSA) is 307 Å². The Hall–Kier alpha value is -1.93. The van der Waals surface area contributed by atoms with E-state index in [1.54, 1.807) is 7.05 Å². The van der Waals surface area contributed by atoms with Crippen LogP contribution in [0.15, 0.2) is 12.7 Å². The molecule has 0 saturated carbocycles. The van der Waals surface area contributed by atoms with Gasteiger partial charge in [0.05, 0.1) is 12.9 Å². The predicted octanol–water partition coefficient (Wildman–Crippen LogP) is -3.51. The standard InChI is InChI=1S/C16H28N7O14P3/c1-18-3-4-19-10(24)6-33-13-12(32-2)9(5-34-39(28,29)37-40(30,31)36-38(25,26)27)35-16(13)23-8-22-11-14(17)20-7-21-15(11)23/h7-9,12-13,16,18H,3-6H2,1-2H3,(H,19,24)(H,28,29)(H,30,31)(H2,17,20,21)(H2,25,26,27)/p-3. The van der Waals surface area contributed by atoms with Crippen LogP contribution in [-0.2, 0) is 45.8 Å². The number of methoxy groups -OCH3 is 1. The molecule has 0 spiro atoms. The van der Waals surface area contributed by atoms with Crippen molar-refractivity contribution in [1.29, 1.82) is 0 Å². The van der Waals surface area contributed by atoms with Gasteiger partial charge in [0.2, 0.25) is 5.91 Å². The lowest BCUT2D eigenvalue weighted by Gasteiger charge is -2.33. The van der Waals surface area contributed by atoms with E-state index in [1.807, 2.05) is 0 Å². The van der Waals surface area contributed by atoms with Crippen molar-refractivity contribution in [2.24, 2.45) is 0 Å². The summed E-state index contributed by atoms with van der Waals surface area (Å²) in [5.74, 6) is -0.445. The van der Waals surface area contributed by atoms with Crippen molar-refractivity contribution < 1.29 is 65.4 Å². The van der Waals surface area contributed by atoms with Gasteiger partial charge in [-0.1, -0.05) is 0 Å². The molecule has 3 heterocycles. The third kappa shape index (κ3) is 8.78. The van der Waals surface area contributed by atoms with Crippen LogP contribution >= 0.6 is 23.5 Å². The Labute approximate surface area is 225 Å². The first-order chi connectivity index (χ1) is 18.7. The summed E-state index contributed by atoms with van der Waals surface area (Å²) < 4.78 is 64.0. The summed E-state index contributed by atoms with van der Waals surface area (Å²) in [6, 6.07) is 0. The maximum Gasteiger partial charge on any atom is 0.280 e. The van der Waals surface area contributed by atoms with Gasteiger partial charge in [0.25, 0.3) is 23.5 Å². The molecule has 1 fully saturated rings. The number of hydrogen-bond donors (Lipinski definition) is 4. The SMILES string of the molecule is CNCCNC(=O)COC1C(OC)C(COP(=O)([O-])OP(=O)([O-])OP(=O)([O-])O)OC1n1cnc2c(N)ncnc21. The second-order valence-corrected chi connectivity index (χ2v) is 12.2. The molecule has 1 amide bonds. The molecule has 2 aromatic rings. The highest BCUT2D eigenvalue weighted by atomic mass is 31.3. The minimum Gasteiger partial charge on any atom is -0.756 e. The quantitative estimate of drug-likeness (QED) is 0.109. The zero-order chi connectivity index (χ0) is 29.7. The molecule has 2 aromatic heterocycles.